The van der Waals surface area contributed by atoms with E-state index < -0.39 is 6.04 Å². The van der Waals surface area contributed by atoms with Gasteiger partial charge in [-0.05, 0) is 56.7 Å². The molecule has 144 valence electrons. The van der Waals surface area contributed by atoms with Crippen LogP contribution in [0.3, 0.4) is 0 Å². The average molecular weight is 432 g/mol. The van der Waals surface area contributed by atoms with Gasteiger partial charge in [-0.3, -0.25) is 9.59 Å². The van der Waals surface area contributed by atoms with Crippen LogP contribution >= 0.6 is 15.9 Å². The Morgan fingerprint density at radius 3 is 2.37 bits per heavy atom. The van der Waals surface area contributed by atoms with Crippen molar-refractivity contribution in [3.8, 4) is 0 Å². The lowest BCUT2D eigenvalue weighted by Crippen LogP contribution is -2.45. The molecule has 0 aliphatic carbocycles. The van der Waals surface area contributed by atoms with Crippen LogP contribution in [0, 0.1) is 0 Å². The molecule has 27 heavy (non-hydrogen) atoms. The number of amides is 2. The molecular weight excluding hydrogens is 406 g/mol. The van der Waals surface area contributed by atoms with Gasteiger partial charge in [0.1, 0.15) is 6.04 Å². The number of anilines is 1. The fraction of sp³-hybridized carbons (Fsp3) is 0.333. The first kappa shape index (κ1) is 21.0. The summed E-state index contributed by atoms with van der Waals surface area (Å²) in [5, 5.41) is 5.62. The lowest BCUT2D eigenvalue weighted by atomic mass is 10.2. The van der Waals surface area contributed by atoms with E-state index in [0.717, 1.165) is 24.0 Å². The Bertz CT molecular complexity index is 735. The van der Waals surface area contributed by atoms with Crippen molar-refractivity contribution in [2.24, 2.45) is 0 Å². The number of benzene rings is 2. The van der Waals surface area contributed by atoms with Gasteiger partial charge in [-0.15, -0.1) is 0 Å². The normalized spacial score (nSPS) is 11.5. The van der Waals surface area contributed by atoms with Gasteiger partial charge in [0.25, 0.3) is 5.91 Å². The number of halogens is 1. The second-order valence-electron chi connectivity index (χ2n) is 6.26. The van der Waals surface area contributed by atoms with E-state index >= 15 is 0 Å². The molecule has 2 N–H and O–H groups in total. The number of carbonyl (C=O) groups excluding carboxylic acids is 2. The van der Waals surface area contributed by atoms with Gasteiger partial charge in [-0.2, -0.15) is 0 Å². The highest BCUT2D eigenvalue weighted by molar-refractivity contribution is 9.10. The van der Waals surface area contributed by atoms with Crippen LogP contribution in [0.2, 0.25) is 0 Å². The van der Waals surface area contributed by atoms with Crippen molar-refractivity contribution in [2.45, 2.75) is 26.3 Å². The molecule has 2 aromatic rings. The maximum Gasteiger partial charge on any atom is 0.251 e. The Kier molecular flexibility index (Phi) is 8.33. The zero-order valence-electron chi connectivity index (χ0n) is 15.7. The minimum atomic E-state index is -0.586. The van der Waals surface area contributed by atoms with E-state index in [4.69, 9.17) is 0 Å². The van der Waals surface area contributed by atoms with E-state index in [0.29, 0.717) is 12.1 Å². The molecule has 0 spiro atoms. The lowest BCUT2D eigenvalue weighted by molar-refractivity contribution is -0.122. The molecule has 0 saturated heterocycles. The number of para-hydroxylation sites is 1. The third-order valence-electron chi connectivity index (χ3n) is 4.25. The minimum absolute atomic E-state index is 0.178. The van der Waals surface area contributed by atoms with Crippen LogP contribution in [0.15, 0.2) is 59.1 Å². The summed E-state index contributed by atoms with van der Waals surface area (Å²) < 4.78 is 0.904. The molecule has 2 rings (SSSR count). The first-order valence-corrected chi connectivity index (χ1v) is 9.94. The van der Waals surface area contributed by atoms with Crippen LogP contribution in [0.1, 0.15) is 30.6 Å². The zero-order chi connectivity index (χ0) is 19.6. The van der Waals surface area contributed by atoms with Crippen molar-refractivity contribution >= 4 is 33.4 Å². The van der Waals surface area contributed by atoms with Crippen LogP contribution in [0.4, 0.5) is 5.69 Å². The molecule has 0 unspecified atom stereocenters. The number of rotatable bonds is 9. The molecule has 2 amide bonds. The first-order chi connectivity index (χ1) is 13.0. The van der Waals surface area contributed by atoms with E-state index in [1.54, 1.807) is 31.2 Å². The predicted octanol–water partition coefficient (Wildman–Crippen LogP) is 3.60. The van der Waals surface area contributed by atoms with E-state index in [1.807, 2.05) is 18.2 Å². The van der Waals surface area contributed by atoms with Gasteiger partial charge >= 0.3 is 0 Å². The Labute approximate surface area is 169 Å². The molecule has 0 heterocycles. The Morgan fingerprint density at radius 2 is 1.74 bits per heavy atom. The van der Waals surface area contributed by atoms with Crippen LogP contribution < -0.4 is 15.5 Å². The summed E-state index contributed by atoms with van der Waals surface area (Å²) in [5.74, 6) is -0.436. The maximum absolute atomic E-state index is 12.2. The van der Waals surface area contributed by atoms with Gasteiger partial charge < -0.3 is 15.5 Å². The van der Waals surface area contributed by atoms with Gasteiger partial charge in [0, 0.05) is 35.4 Å². The fourth-order valence-corrected chi connectivity index (χ4v) is 2.95. The van der Waals surface area contributed by atoms with Crippen molar-refractivity contribution in [1.29, 1.82) is 0 Å². The molecule has 0 saturated carbocycles. The summed E-state index contributed by atoms with van der Waals surface area (Å²) in [6.07, 6.45) is 0.835. The molecule has 0 aliphatic rings. The third-order valence-corrected chi connectivity index (χ3v) is 4.78. The van der Waals surface area contributed by atoms with Crippen LogP contribution in [0.5, 0.6) is 0 Å². The molecule has 0 aliphatic heterocycles. The monoisotopic (exact) mass is 431 g/mol. The number of hydrogen-bond donors (Lipinski definition) is 2. The average Bonchev–Trinajstić information content (AvgIpc) is 2.69. The summed E-state index contributed by atoms with van der Waals surface area (Å²) in [7, 11) is 0. The van der Waals surface area contributed by atoms with Gasteiger partial charge in [-0.1, -0.05) is 34.1 Å². The number of nitrogens with zero attached hydrogens (tertiary/aromatic N) is 1. The second kappa shape index (κ2) is 10.7. The van der Waals surface area contributed by atoms with Gasteiger partial charge in [0.15, 0.2) is 0 Å². The van der Waals surface area contributed by atoms with Crippen molar-refractivity contribution in [1.82, 2.24) is 10.6 Å². The predicted molar refractivity (Wildman–Crippen MR) is 113 cm³/mol. The second-order valence-corrected chi connectivity index (χ2v) is 7.18. The number of carbonyl (C=O) groups is 2. The van der Waals surface area contributed by atoms with Gasteiger partial charge in [-0.25, -0.2) is 0 Å². The van der Waals surface area contributed by atoms with Crippen molar-refractivity contribution < 1.29 is 9.59 Å². The van der Waals surface area contributed by atoms with Gasteiger partial charge in [0.05, 0.1) is 0 Å². The molecule has 0 fully saturated rings. The number of hydrogen-bond acceptors (Lipinski definition) is 3. The van der Waals surface area contributed by atoms with E-state index in [2.05, 4.69) is 50.5 Å². The molecule has 0 radical (unpaired) electrons. The summed E-state index contributed by atoms with van der Waals surface area (Å²) in [5.41, 5.74) is 1.71. The topological polar surface area (TPSA) is 61.4 Å². The molecule has 5 nitrogen and oxygen atoms in total. The SMILES string of the molecule is CCN(CCCNC(=O)[C@H](C)NC(=O)c1ccc(Br)cc1)c1ccccc1. The van der Waals surface area contributed by atoms with Crippen LogP contribution in [-0.4, -0.2) is 37.5 Å². The lowest BCUT2D eigenvalue weighted by Gasteiger charge is -2.23. The summed E-state index contributed by atoms with van der Waals surface area (Å²) in [6, 6.07) is 16.7. The highest BCUT2D eigenvalue weighted by Crippen LogP contribution is 2.13. The fourth-order valence-electron chi connectivity index (χ4n) is 2.69. The van der Waals surface area contributed by atoms with Crippen LogP contribution in [-0.2, 0) is 4.79 Å². The minimum Gasteiger partial charge on any atom is -0.372 e. The molecule has 1 atom stereocenters. The van der Waals surface area contributed by atoms with Crippen LogP contribution in [0.25, 0.3) is 0 Å². The Morgan fingerprint density at radius 1 is 1.07 bits per heavy atom. The standard InChI is InChI=1S/C21H26BrN3O2/c1-3-25(19-8-5-4-6-9-19)15-7-14-23-20(26)16(2)24-21(27)17-10-12-18(22)13-11-17/h4-6,8-13,16H,3,7,14-15H2,1-2H3,(H,23,26)(H,24,27)/t16-/m0/s1. The Hall–Kier alpha value is -2.34. The molecule has 2 aromatic carbocycles. The summed E-state index contributed by atoms with van der Waals surface area (Å²) in [4.78, 5) is 26.6. The quantitative estimate of drug-likeness (QED) is 0.596. The summed E-state index contributed by atoms with van der Waals surface area (Å²) >= 11 is 3.33. The molecule has 0 aromatic heterocycles. The highest BCUT2D eigenvalue weighted by atomic mass is 79.9. The Balaban J connectivity index is 1.73. The first-order valence-electron chi connectivity index (χ1n) is 9.15. The van der Waals surface area contributed by atoms with E-state index in [9.17, 15) is 9.59 Å². The molecular formula is C21H26BrN3O2. The van der Waals surface area contributed by atoms with Crippen molar-refractivity contribution in [3.05, 3.63) is 64.6 Å². The summed E-state index contributed by atoms with van der Waals surface area (Å²) in [6.45, 7) is 6.15. The van der Waals surface area contributed by atoms with Crippen molar-refractivity contribution in [2.75, 3.05) is 24.5 Å². The van der Waals surface area contributed by atoms with E-state index in [1.165, 1.54) is 5.69 Å². The van der Waals surface area contributed by atoms with Crippen molar-refractivity contribution in [3.63, 3.8) is 0 Å². The zero-order valence-corrected chi connectivity index (χ0v) is 17.3. The third kappa shape index (κ3) is 6.71. The molecule has 6 heteroatoms. The van der Waals surface area contributed by atoms with Gasteiger partial charge in [0.2, 0.25) is 5.91 Å². The molecule has 0 bridgehead atoms. The number of nitrogens with one attached hydrogen (secondary N) is 2. The van der Waals surface area contributed by atoms with E-state index in [-0.39, 0.29) is 11.8 Å². The maximum atomic E-state index is 12.2. The smallest absolute Gasteiger partial charge is 0.251 e. The largest absolute Gasteiger partial charge is 0.372 e. The highest BCUT2D eigenvalue weighted by Gasteiger charge is 2.16.